The number of carbonyl (C=O) groups excluding carboxylic acids is 1. The molecule has 0 N–H and O–H groups in total. The number of nitrogens with zero attached hydrogens (tertiary/aromatic N) is 1. The van der Waals surface area contributed by atoms with Crippen LogP contribution in [0, 0.1) is 5.21 Å². The molecule has 106 valence electrons. The molecule has 0 saturated carbocycles. The van der Waals surface area contributed by atoms with Crippen molar-refractivity contribution < 1.29 is 14.3 Å². The summed E-state index contributed by atoms with van der Waals surface area (Å²) >= 11 is 0. The number of rotatable bonds is 4. The molecule has 0 radical (unpaired) electrons. The van der Waals surface area contributed by atoms with Gasteiger partial charge in [0.25, 0.3) is 0 Å². The van der Waals surface area contributed by atoms with Crippen LogP contribution in [0.1, 0.15) is 11.1 Å². The zero-order valence-corrected chi connectivity index (χ0v) is 11.6. The average molecular weight is 281 g/mol. The standard InChI is InChI=1S/C17H15NO3/c1-21-17(19)16(12-14-8-4-2-5-9-14)18(20)13-15-10-6-3-7-11-15/h2-13H,1H3/b16-12-,18-13-. The molecule has 0 spiro atoms. The molecule has 0 bridgehead atoms. The quantitative estimate of drug-likeness (QED) is 0.216. The summed E-state index contributed by atoms with van der Waals surface area (Å²) in [6.07, 6.45) is 2.84. The molecule has 0 fully saturated rings. The highest BCUT2D eigenvalue weighted by molar-refractivity contribution is 5.92. The van der Waals surface area contributed by atoms with Gasteiger partial charge in [-0.2, -0.15) is 4.74 Å². The monoisotopic (exact) mass is 281 g/mol. The molecule has 2 rings (SSSR count). The van der Waals surface area contributed by atoms with Crippen LogP contribution in [0.15, 0.2) is 66.4 Å². The molecule has 2 aromatic carbocycles. The number of ether oxygens (including phenoxy) is 1. The maximum atomic E-state index is 12.2. The Balaban J connectivity index is 2.39. The summed E-state index contributed by atoms with van der Waals surface area (Å²) in [6, 6.07) is 18.2. The van der Waals surface area contributed by atoms with Gasteiger partial charge in [-0.25, -0.2) is 4.79 Å². The number of hydrogen-bond donors (Lipinski definition) is 0. The van der Waals surface area contributed by atoms with Crippen LogP contribution in [0.2, 0.25) is 0 Å². The zero-order chi connectivity index (χ0) is 15.1. The minimum atomic E-state index is -0.680. The van der Waals surface area contributed by atoms with Crippen LogP contribution in [-0.2, 0) is 9.53 Å². The first-order chi connectivity index (χ1) is 10.2. The first-order valence-electron chi connectivity index (χ1n) is 6.42. The third kappa shape index (κ3) is 4.04. The van der Waals surface area contributed by atoms with Crippen molar-refractivity contribution >= 4 is 18.3 Å². The molecule has 0 aliphatic carbocycles. The molecule has 0 atom stereocenters. The van der Waals surface area contributed by atoms with E-state index in [1.807, 2.05) is 36.4 Å². The highest BCUT2D eigenvalue weighted by Crippen LogP contribution is 2.09. The van der Waals surface area contributed by atoms with Crippen molar-refractivity contribution in [2.24, 2.45) is 0 Å². The normalized spacial score (nSPS) is 12.0. The molecular formula is C17H15NO3. The first kappa shape index (κ1) is 14.5. The molecule has 0 unspecified atom stereocenters. The number of hydrogen-bond acceptors (Lipinski definition) is 3. The second-order valence-corrected chi connectivity index (χ2v) is 4.30. The van der Waals surface area contributed by atoms with Crippen LogP contribution in [0.3, 0.4) is 0 Å². The van der Waals surface area contributed by atoms with Gasteiger partial charge < -0.3 is 9.94 Å². The fraction of sp³-hybridized carbons (Fsp3) is 0.0588. The Labute approximate surface area is 123 Å². The largest absolute Gasteiger partial charge is 0.618 e. The van der Waals surface area contributed by atoms with Crippen molar-refractivity contribution in [2.45, 2.75) is 0 Å². The van der Waals surface area contributed by atoms with Gasteiger partial charge in [-0.3, -0.25) is 0 Å². The van der Waals surface area contributed by atoms with Gasteiger partial charge >= 0.3 is 11.7 Å². The Hall–Kier alpha value is -2.88. The topological polar surface area (TPSA) is 52.4 Å². The lowest BCUT2D eigenvalue weighted by Gasteiger charge is -2.06. The van der Waals surface area contributed by atoms with Gasteiger partial charge in [-0.1, -0.05) is 48.5 Å². The lowest BCUT2D eigenvalue weighted by atomic mass is 10.2. The lowest BCUT2D eigenvalue weighted by molar-refractivity contribution is -0.390. The maximum absolute atomic E-state index is 12.2. The third-order valence-electron chi connectivity index (χ3n) is 2.80. The summed E-state index contributed by atoms with van der Waals surface area (Å²) in [4.78, 5) is 11.8. The van der Waals surface area contributed by atoms with Crippen LogP contribution < -0.4 is 0 Å². The van der Waals surface area contributed by atoms with Crippen molar-refractivity contribution in [3.63, 3.8) is 0 Å². The van der Waals surface area contributed by atoms with E-state index < -0.39 is 5.97 Å². The van der Waals surface area contributed by atoms with Gasteiger partial charge in [-0.05, 0) is 17.7 Å². The van der Waals surface area contributed by atoms with Gasteiger partial charge in [0.05, 0.1) is 7.11 Å². The molecule has 0 heterocycles. The Bertz CT molecular complexity index is 661. The van der Waals surface area contributed by atoms with E-state index in [9.17, 15) is 10.0 Å². The van der Waals surface area contributed by atoms with E-state index in [4.69, 9.17) is 0 Å². The molecule has 4 heteroatoms. The van der Waals surface area contributed by atoms with E-state index in [2.05, 4.69) is 4.74 Å². The second-order valence-electron chi connectivity index (χ2n) is 4.30. The fourth-order valence-electron chi connectivity index (χ4n) is 1.77. The molecule has 0 aromatic heterocycles. The Morgan fingerprint density at radius 2 is 1.52 bits per heavy atom. The Morgan fingerprint density at radius 3 is 2.05 bits per heavy atom. The molecule has 2 aromatic rings. The number of benzene rings is 2. The van der Waals surface area contributed by atoms with Crippen LogP contribution >= 0.6 is 0 Å². The summed E-state index contributed by atoms with van der Waals surface area (Å²) in [7, 11) is 1.25. The molecule has 21 heavy (non-hydrogen) atoms. The molecule has 4 nitrogen and oxygen atoms in total. The van der Waals surface area contributed by atoms with Gasteiger partial charge in [0.15, 0.2) is 6.21 Å². The lowest BCUT2D eigenvalue weighted by Crippen LogP contribution is -2.16. The predicted octanol–water partition coefficient (Wildman–Crippen LogP) is 2.83. The minimum Gasteiger partial charge on any atom is -0.618 e. The molecule has 0 aliphatic heterocycles. The highest BCUT2D eigenvalue weighted by Gasteiger charge is 2.19. The highest BCUT2D eigenvalue weighted by atomic mass is 16.5. The van der Waals surface area contributed by atoms with Crippen LogP contribution in [-0.4, -0.2) is 24.0 Å². The molecular weight excluding hydrogens is 266 g/mol. The number of carbonyl (C=O) groups is 1. The third-order valence-corrected chi connectivity index (χ3v) is 2.80. The summed E-state index contributed by atoms with van der Waals surface area (Å²) in [5.41, 5.74) is 1.38. The molecule has 0 aliphatic rings. The van der Waals surface area contributed by atoms with Gasteiger partial charge in [0.1, 0.15) is 0 Å². The van der Waals surface area contributed by atoms with Gasteiger partial charge in [0, 0.05) is 11.6 Å². The Morgan fingerprint density at radius 1 is 1.00 bits per heavy atom. The zero-order valence-electron chi connectivity index (χ0n) is 11.6. The van der Waals surface area contributed by atoms with Gasteiger partial charge in [-0.15, -0.1) is 0 Å². The van der Waals surface area contributed by atoms with Crippen molar-refractivity contribution in [2.75, 3.05) is 7.11 Å². The average Bonchev–Trinajstić information content (AvgIpc) is 2.53. The molecule has 0 amide bonds. The van der Waals surface area contributed by atoms with Crippen molar-refractivity contribution in [3.05, 3.63) is 82.7 Å². The summed E-state index contributed by atoms with van der Waals surface area (Å²) in [5, 5.41) is 12.2. The predicted molar refractivity (Wildman–Crippen MR) is 81.7 cm³/mol. The van der Waals surface area contributed by atoms with E-state index in [0.717, 1.165) is 5.56 Å². The second kappa shape index (κ2) is 7.05. The SMILES string of the molecule is COC(=O)C(=C/c1ccccc1)/[N+]([O-])=C/c1ccccc1. The van der Waals surface area contributed by atoms with Crippen LogP contribution in [0.4, 0.5) is 0 Å². The first-order valence-corrected chi connectivity index (χ1v) is 6.42. The van der Waals surface area contributed by atoms with E-state index in [-0.39, 0.29) is 5.70 Å². The number of esters is 1. The van der Waals surface area contributed by atoms with E-state index in [1.165, 1.54) is 19.4 Å². The van der Waals surface area contributed by atoms with Crippen LogP contribution in [0.25, 0.3) is 6.08 Å². The van der Waals surface area contributed by atoms with Gasteiger partial charge in [0.2, 0.25) is 0 Å². The smallest absolute Gasteiger partial charge is 0.404 e. The minimum absolute atomic E-state index is 0.0763. The van der Waals surface area contributed by atoms with Crippen molar-refractivity contribution in [1.29, 1.82) is 0 Å². The van der Waals surface area contributed by atoms with Crippen LogP contribution in [0.5, 0.6) is 0 Å². The van der Waals surface area contributed by atoms with E-state index in [0.29, 0.717) is 10.3 Å². The maximum Gasteiger partial charge on any atom is 0.404 e. The summed E-state index contributed by atoms with van der Waals surface area (Å²) in [5.74, 6) is -0.680. The molecule has 0 saturated heterocycles. The number of hydroxylamine groups is 1. The fourth-order valence-corrected chi connectivity index (χ4v) is 1.77. The number of methoxy groups -OCH3 is 1. The van der Waals surface area contributed by atoms with E-state index >= 15 is 0 Å². The summed E-state index contributed by atoms with van der Waals surface area (Å²) in [6.45, 7) is 0. The van der Waals surface area contributed by atoms with Crippen molar-refractivity contribution in [1.82, 2.24) is 0 Å². The van der Waals surface area contributed by atoms with Crippen molar-refractivity contribution in [3.8, 4) is 0 Å². The Kier molecular flexibility index (Phi) is 4.88. The summed E-state index contributed by atoms with van der Waals surface area (Å²) < 4.78 is 5.20. The van der Waals surface area contributed by atoms with E-state index in [1.54, 1.807) is 24.3 Å².